The number of piperidine rings is 1. The van der Waals surface area contributed by atoms with Gasteiger partial charge in [-0.15, -0.1) is 0 Å². The molecule has 2 aliphatic rings. The number of pyridine rings is 1. The molecule has 96 valence electrons. The average molecular weight is 310 g/mol. The van der Waals surface area contributed by atoms with Crippen LogP contribution in [-0.2, 0) is 11.3 Å². The minimum absolute atomic E-state index is 0.189. The molecule has 0 bridgehead atoms. The number of nitrogens with zero attached hydrogens (tertiary/aromatic N) is 2. The second kappa shape index (κ2) is 4.97. The van der Waals surface area contributed by atoms with Crippen molar-refractivity contribution >= 4 is 21.8 Å². The van der Waals surface area contributed by atoms with Crippen molar-refractivity contribution in [2.75, 3.05) is 13.1 Å². The number of nitrogens with one attached hydrogen (secondary N) is 1. The molecule has 2 unspecified atom stereocenters. The SMILES string of the molecule is O=C1NCC2C1CCCN2Cc1ccc(Br)cn1. The quantitative estimate of drug-likeness (QED) is 0.901. The molecule has 5 heteroatoms. The summed E-state index contributed by atoms with van der Waals surface area (Å²) in [5, 5.41) is 2.98. The third-order valence-corrected chi connectivity index (χ3v) is 4.34. The number of halogens is 1. The molecule has 1 aromatic rings. The van der Waals surface area contributed by atoms with Gasteiger partial charge in [0.2, 0.25) is 5.91 Å². The van der Waals surface area contributed by atoms with Gasteiger partial charge in [-0.05, 0) is 47.4 Å². The summed E-state index contributed by atoms with van der Waals surface area (Å²) >= 11 is 3.39. The molecule has 0 radical (unpaired) electrons. The number of fused-ring (bicyclic) bond motifs is 1. The zero-order valence-corrected chi connectivity index (χ0v) is 11.7. The van der Waals surface area contributed by atoms with Crippen LogP contribution < -0.4 is 5.32 Å². The van der Waals surface area contributed by atoms with Gasteiger partial charge >= 0.3 is 0 Å². The number of carbonyl (C=O) groups excluding carboxylic acids is 1. The number of aromatic nitrogens is 1. The highest BCUT2D eigenvalue weighted by Gasteiger charge is 2.40. The van der Waals surface area contributed by atoms with E-state index in [9.17, 15) is 4.79 Å². The van der Waals surface area contributed by atoms with Gasteiger partial charge in [-0.1, -0.05) is 0 Å². The van der Waals surface area contributed by atoms with E-state index in [0.717, 1.165) is 42.6 Å². The fourth-order valence-corrected chi connectivity index (χ4v) is 3.18. The highest BCUT2D eigenvalue weighted by Crippen LogP contribution is 2.28. The van der Waals surface area contributed by atoms with Crippen LogP contribution in [0, 0.1) is 5.92 Å². The molecule has 18 heavy (non-hydrogen) atoms. The minimum Gasteiger partial charge on any atom is -0.354 e. The van der Waals surface area contributed by atoms with Gasteiger partial charge in [0.05, 0.1) is 11.6 Å². The van der Waals surface area contributed by atoms with Crippen molar-refractivity contribution in [3.8, 4) is 0 Å². The Hall–Kier alpha value is -0.940. The average Bonchev–Trinajstić information content (AvgIpc) is 2.76. The lowest BCUT2D eigenvalue weighted by Crippen LogP contribution is -2.45. The van der Waals surface area contributed by atoms with Crippen LogP contribution in [0.4, 0.5) is 0 Å². The molecule has 1 N–H and O–H groups in total. The van der Waals surface area contributed by atoms with Crippen LogP contribution in [0.3, 0.4) is 0 Å². The first-order valence-electron chi connectivity index (χ1n) is 6.36. The van der Waals surface area contributed by atoms with Gasteiger partial charge in [-0.25, -0.2) is 0 Å². The normalized spacial score (nSPS) is 27.9. The molecule has 2 atom stereocenters. The fourth-order valence-electron chi connectivity index (χ4n) is 2.94. The van der Waals surface area contributed by atoms with Crippen LogP contribution in [0.2, 0.25) is 0 Å². The van der Waals surface area contributed by atoms with Gasteiger partial charge in [0.1, 0.15) is 0 Å². The van der Waals surface area contributed by atoms with Crippen molar-refractivity contribution in [2.24, 2.45) is 5.92 Å². The lowest BCUT2D eigenvalue weighted by molar-refractivity contribution is -0.124. The smallest absolute Gasteiger partial charge is 0.224 e. The van der Waals surface area contributed by atoms with E-state index in [-0.39, 0.29) is 11.8 Å². The van der Waals surface area contributed by atoms with E-state index in [1.165, 1.54) is 0 Å². The van der Waals surface area contributed by atoms with E-state index < -0.39 is 0 Å². The van der Waals surface area contributed by atoms with E-state index >= 15 is 0 Å². The van der Waals surface area contributed by atoms with Crippen LogP contribution in [0.5, 0.6) is 0 Å². The zero-order chi connectivity index (χ0) is 12.5. The topological polar surface area (TPSA) is 45.2 Å². The first-order chi connectivity index (χ1) is 8.74. The number of carbonyl (C=O) groups is 1. The number of hydrogen-bond acceptors (Lipinski definition) is 3. The molecule has 3 rings (SSSR count). The third kappa shape index (κ3) is 2.29. The number of likely N-dealkylation sites (tertiary alicyclic amines) is 1. The lowest BCUT2D eigenvalue weighted by Gasteiger charge is -2.35. The molecule has 0 saturated carbocycles. The predicted octanol–water partition coefficient (Wildman–Crippen LogP) is 1.55. The Balaban J connectivity index is 1.72. The Kier molecular flexibility index (Phi) is 3.35. The Morgan fingerprint density at radius 3 is 3.17 bits per heavy atom. The number of amides is 1. The van der Waals surface area contributed by atoms with E-state index in [4.69, 9.17) is 0 Å². The van der Waals surface area contributed by atoms with Crippen molar-refractivity contribution < 1.29 is 4.79 Å². The van der Waals surface area contributed by atoms with E-state index in [1.54, 1.807) is 0 Å². The molecule has 2 fully saturated rings. The Labute approximate surface area is 115 Å². The van der Waals surface area contributed by atoms with E-state index in [0.29, 0.717) is 6.04 Å². The van der Waals surface area contributed by atoms with Gasteiger partial charge < -0.3 is 5.32 Å². The van der Waals surface area contributed by atoms with Crippen molar-refractivity contribution in [1.82, 2.24) is 15.2 Å². The Morgan fingerprint density at radius 2 is 2.39 bits per heavy atom. The third-order valence-electron chi connectivity index (χ3n) is 3.87. The molecule has 0 spiro atoms. The summed E-state index contributed by atoms with van der Waals surface area (Å²) in [6, 6.07) is 4.41. The first kappa shape index (κ1) is 12.1. The van der Waals surface area contributed by atoms with Crippen LogP contribution in [0.15, 0.2) is 22.8 Å². The van der Waals surface area contributed by atoms with Crippen LogP contribution in [0.1, 0.15) is 18.5 Å². The molecule has 1 amide bonds. The van der Waals surface area contributed by atoms with Crippen LogP contribution in [0.25, 0.3) is 0 Å². The summed E-state index contributed by atoms with van der Waals surface area (Å²) in [5.74, 6) is 0.419. The van der Waals surface area contributed by atoms with Crippen molar-refractivity contribution in [1.29, 1.82) is 0 Å². The fraction of sp³-hybridized carbons (Fsp3) is 0.538. The van der Waals surface area contributed by atoms with Gasteiger partial charge in [0, 0.05) is 29.8 Å². The number of hydrogen-bond donors (Lipinski definition) is 1. The van der Waals surface area contributed by atoms with Crippen LogP contribution >= 0.6 is 15.9 Å². The van der Waals surface area contributed by atoms with Gasteiger partial charge in [0.25, 0.3) is 0 Å². The lowest BCUT2D eigenvalue weighted by atomic mass is 9.91. The standard InChI is InChI=1S/C13H16BrN3O/c14-9-3-4-10(15-6-9)8-17-5-1-2-11-12(17)7-16-13(11)18/h3-4,6,11-12H,1-2,5,7-8H2,(H,16,18). The van der Waals surface area contributed by atoms with Crippen LogP contribution in [-0.4, -0.2) is 34.9 Å². The summed E-state index contributed by atoms with van der Waals surface area (Å²) in [6.45, 7) is 2.69. The Bertz CT molecular complexity index is 448. The van der Waals surface area contributed by atoms with Crippen molar-refractivity contribution in [3.63, 3.8) is 0 Å². The maximum atomic E-state index is 11.7. The maximum absolute atomic E-state index is 11.7. The molecule has 2 saturated heterocycles. The summed E-state index contributed by atoms with van der Waals surface area (Å²) < 4.78 is 1.00. The molecule has 1 aromatic heterocycles. The largest absolute Gasteiger partial charge is 0.354 e. The molecule has 0 aromatic carbocycles. The highest BCUT2D eigenvalue weighted by atomic mass is 79.9. The van der Waals surface area contributed by atoms with E-state index in [1.807, 2.05) is 18.3 Å². The predicted molar refractivity (Wildman–Crippen MR) is 71.9 cm³/mol. The molecule has 2 aliphatic heterocycles. The summed E-state index contributed by atoms with van der Waals surface area (Å²) in [4.78, 5) is 18.5. The highest BCUT2D eigenvalue weighted by molar-refractivity contribution is 9.10. The second-order valence-electron chi connectivity index (χ2n) is 5.00. The number of rotatable bonds is 2. The van der Waals surface area contributed by atoms with Gasteiger partial charge in [-0.3, -0.25) is 14.7 Å². The first-order valence-corrected chi connectivity index (χ1v) is 7.15. The van der Waals surface area contributed by atoms with Crippen molar-refractivity contribution in [3.05, 3.63) is 28.5 Å². The second-order valence-corrected chi connectivity index (χ2v) is 5.92. The monoisotopic (exact) mass is 309 g/mol. The van der Waals surface area contributed by atoms with Gasteiger partial charge in [0.15, 0.2) is 0 Å². The van der Waals surface area contributed by atoms with Gasteiger partial charge in [-0.2, -0.15) is 0 Å². The summed E-state index contributed by atoms with van der Waals surface area (Å²) in [5.41, 5.74) is 1.07. The Morgan fingerprint density at radius 1 is 1.50 bits per heavy atom. The van der Waals surface area contributed by atoms with E-state index in [2.05, 4.69) is 31.1 Å². The summed E-state index contributed by atoms with van der Waals surface area (Å²) in [7, 11) is 0. The maximum Gasteiger partial charge on any atom is 0.224 e. The molecule has 0 aliphatic carbocycles. The molecule has 3 heterocycles. The molecular formula is C13H16BrN3O. The molecular weight excluding hydrogens is 294 g/mol. The zero-order valence-electron chi connectivity index (χ0n) is 10.1. The van der Waals surface area contributed by atoms with Crippen molar-refractivity contribution in [2.45, 2.75) is 25.4 Å². The minimum atomic E-state index is 0.189. The molecule has 4 nitrogen and oxygen atoms in total. The summed E-state index contributed by atoms with van der Waals surface area (Å²) in [6.07, 6.45) is 3.96.